The van der Waals surface area contributed by atoms with Gasteiger partial charge in [0, 0.05) is 4.47 Å². The lowest BCUT2D eigenvalue weighted by Gasteiger charge is -2.25. The first-order chi connectivity index (χ1) is 9.61. The smallest absolute Gasteiger partial charge is 0.379 e. The minimum atomic E-state index is -0.848. The molecule has 1 saturated carbocycles. The third-order valence-corrected chi connectivity index (χ3v) is 3.84. The number of hydrogen-bond donors (Lipinski definition) is 0. The molecule has 0 unspecified atom stereocenters. The number of esters is 1. The fourth-order valence-electron chi connectivity index (χ4n) is 1.98. The summed E-state index contributed by atoms with van der Waals surface area (Å²) in [5.74, 6) is -0.516. The molecule has 0 bridgehead atoms. The Hall–Kier alpha value is -1.36. The second kappa shape index (κ2) is 6.88. The van der Waals surface area contributed by atoms with E-state index in [0.717, 1.165) is 17.3 Å². The van der Waals surface area contributed by atoms with E-state index < -0.39 is 11.8 Å². The van der Waals surface area contributed by atoms with Gasteiger partial charge in [-0.2, -0.15) is 0 Å². The van der Waals surface area contributed by atoms with Crippen molar-refractivity contribution in [2.75, 3.05) is 13.2 Å². The van der Waals surface area contributed by atoms with Crippen LogP contribution in [-0.4, -0.2) is 25.0 Å². The maximum Gasteiger partial charge on any atom is 0.379 e. The van der Waals surface area contributed by atoms with Crippen LogP contribution in [0.3, 0.4) is 0 Å². The van der Waals surface area contributed by atoms with Gasteiger partial charge in [-0.15, -0.1) is 0 Å². The van der Waals surface area contributed by atoms with E-state index in [4.69, 9.17) is 9.47 Å². The molecule has 0 aromatic heterocycles. The highest BCUT2D eigenvalue weighted by atomic mass is 79.9. The number of rotatable bonds is 6. The molecule has 0 aliphatic heterocycles. The average Bonchev–Trinajstić information content (AvgIpc) is 2.38. The van der Waals surface area contributed by atoms with Crippen LogP contribution in [0, 0.1) is 5.92 Å². The summed E-state index contributed by atoms with van der Waals surface area (Å²) in [7, 11) is 0. The lowest BCUT2D eigenvalue weighted by molar-refractivity contribution is -0.137. The minimum Gasteiger partial charge on any atom is -0.493 e. The summed E-state index contributed by atoms with van der Waals surface area (Å²) in [6, 6.07) is 5.09. The van der Waals surface area contributed by atoms with Crippen molar-refractivity contribution in [3.63, 3.8) is 0 Å². The Morgan fingerprint density at radius 1 is 1.35 bits per heavy atom. The number of carbonyl (C=O) groups excluding carboxylic acids is 2. The summed E-state index contributed by atoms with van der Waals surface area (Å²) >= 11 is 3.30. The second-order valence-electron chi connectivity index (χ2n) is 4.80. The van der Waals surface area contributed by atoms with Crippen LogP contribution >= 0.6 is 15.9 Å². The normalized spacial score (nSPS) is 14.5. The Bertz CT molecular complexity index is 509. The van der Waals surface area contributed by atoms with Crippen molar-refractivity contribution in [1.82, 2.24) is 0 Å². The Balaban J connectivity index is 2.13. The molecule has 1 fully saturated rings. The SMILES string of the molecule is CCOC(=O)C(=O)c1cc(Br)ccc1OCC1CCC1. The highest BCUT2D eigenvalue weighted by Gasteiger charge is 2.24. The lowest BCUT2D eigenvalue weighted by Crippen LogP contribution is -2.22. The van der Waals surface area contributed by atoms with E-state index in [1.54, 1.807) is 25.1 Å². The quantitative estimate of drug-likeness (QED) is 0.452. The maximum absolute atomic E-state index is 12.1. The van der Waals surface area contributed by atoms with Crippen molar-refractivity contribution in [2.24, 2.45) is 5.92 Å². The highest BCUT2D eigenvalue weighted by molar-refractivity contribution is 9.10. The molecule has 0 radical (unpaired) electrons. The van der Waals surface area contributed by atoms with Gasteiger partial charge >= 0.3 is 5.97 Å². The molecule has 0 saturated heterocycles. The molecule has 0 heterocycles. The number of benzene rings is 1. The van der Waals surface area contributed by atoms with Crippen LogP contribution in [0.15, 0.2) is 22.7 Å². The number of carbonyl (C=O) groups is 2. The van der Waals surface area contributed by atoms with Crippen LogP contribution in [0.25, 0.3) is 0 Å². The zero-order valence-corrected chi connectivity index (χ0v) is 12.9. The Morgan fingerprint density at radius 3 is 2.70 bits per heavy atom. The van der Waals surface area contributed by atoms with E-state index in [2.05, 4.69) is 15.9 Å². The highest BCUT2D eigenvalue weighted by Crippen LogP contribution is 2.29. The molecule has 108 valence electrons. The molecule has 0 N–H and O–H groups in total. The molecule has 0 amide bonds. The number of Topliss-reactive ketones (excluding diaryl/α,β-unsaturated/α-hetero) is 1. The second-order valence-corrected chi connectivity index (χ2v) is 5.71. The zero-order valence-electron chi connectivity index (χ0n) is 11.4. The first-order valence-corrected chi connectivity index (χ1v) is 7.55. The summed E-state index contributed by atoms with van der Waals surface area (Å²) in [6.07, 6.45) is 3.57. The van der Waals surface area contributed by atoms with Gasteiger partial charge in [0.05, 0.1) is 18.8 Å². The van der Waals surface area contributed by atoms with Gasteiger partial charge in [-0.05, 0) is 43.9 Å². The zero-order chi connectivity index (χ0) is 14.5. The van der Waals surface area contributed by atoms with E-state index in [1.807, 2.05) is 0 Å². The fourth-order valence-corrected chi connectivity index (χ4v) is 2.34. The van der Waals surface area contributed by atoms with Gasteiger partial charge in [0.15, 0.2) is 0 Å². The van der Waals surface area contributed by atoms with Crippen LogP contribution in [-0.2, 0) is 9.53 Å². The van der Waals surface area contributed by atoms with E-state index in [9.17, 15) is 9.59 Å². The van der Waals surface area contributed by atoms with E-state index in [0.29, 0.717) is 18.3 Å². The van der Waals surface area contributed by atoms with Gasteiger partial charge in [0.2, 0.25) is 0 Å². The molecule has 0 atom stereocenters. The average molecular weight is 341 g/mol. The van der Waals surface area contributed by atoms with Crippen molar-refractivity contribution in [3.05, 3.63) is 28.2 Å². The predicted molar refractivity (Wildman–Crippen MR) is 77.9 cm³/mol. The summed E-state index contributed by atoms with van der Waals surface area (Å²) < 4.78 is 11.2. The fraction of sp³-hybridized carbons (Fsp3) is 0.467. The number of halogens is 1. The molecule has 20 heavy (non-hydrogen) atoms. The molecule has 1 aromatic rings. The Kier molecular flexibility index (Phi) is 5.17. The monoisotopic (exact) mass is 340 g/mol. The van der Waals surface area contributed by atoms with Crippen LogP contribution in [0.4, 0.5) is 0 Å². The van der Waals surface area contributed by atoms with Crippen LogP contribution < -0.4 is 4.74 Å². The van der Waals surface area contributed by atoms with Crippen LogP contribution in [0.1, 0.15) is 36.5 Å². The van der Waals surface area contributed by atoms with Crippen molar-refractivity contribution in [3.8, 4) is 5.75 Å². The molecule has 4 nitrogen and oxygen atoms in total. The number of ketones is 1. The van der Waals surface area contributed by atoms with E-state index in [1.165, 1.54) is 6.42 Å². The summed E-state index contributed by atoms with van der Waals surface area (Å²) in [4.78, 5) is 23.6. The first kappa shape index (κ1) is 15.0. The number of ether oxygens (including phenoxy) is 2. The molecule has 1 aliphatic carbocycles. The summed E-state index contributed by atoms with van der Waals surface area (Å²) in [5.41, 5.74) is 0.247. The lowest BCUT2D eigenvalue weighted by atomic mass is 9.86. The van der Waals surface area contributed by atoms with E-state index >= 15 is 0 Å². The minimum absolute atomic E-state index is 0.177. The van der Waals surface area contributed by atoms with Crippen molar-refractivity contribution < 1.29 is 19.1 Å². The van der Waals surface area contributed by atoms with Gasteiger partial charge in [0.25, 0.3) is 5.78 Å². The summed E-state index contributed by atoms with van der Waals surface area (Å²) in [6.45, 7) is 2.43. The molecule has 1 aliphatic rings. The van der Waals surface area contributed by atoms with Crippen molar-refractivity contribution >= 4 is 27.7 Å². The van der Waals surface area contributed by atoms with Gasteiger partial charge in [-0.25, -0.2) is 4.79 Å². The van der Waals surface area contributed by atoms with Gasteiger partial charge < -0.3 is 9.47 Å². The maximum atomic E-state index is 12.1. The van der Waals surface area contributed by atoms with E-state index in [-0.39, 0.29) is 12.2 Å². The third kappa shape index (κ3) is 3.60. The third-order valence-electron chi connectivity index (χ3n) is 3.35. The van der Waals surface area contributed by atoms with Crippen molar-refractivity contribution in [2.45, 2.75) is 26.2 Å². The molecule has 2 rings (SSSR count). The summed E-state index contributed by atoms with van der Waals surface area (Å²) in [5, 5.41) is 0. The van der Waals surface area contributed by atoms with Gasteiger partial charge in [-0.1, -0.05) is 22.4 Å². The first-order valence-electron chi connectivity index (χ1n) is 6.75. The van der Waals surface area contributed by atoms with Gasteiger partial charge in [0.1, 0.15) is 5.75 Å². The van der Waals surface area contributed by atoms with Crippen LogP contribution in [0.2, 0.25) is 0 Å². The molecular formula is C15H17BrO4. The van der Waals surface area contributed by atoms with Gasteiger partial charge in [-0.3, -0.25) is 4.79 Å². The van der Waals surface area contributed by atoms with Crippen LogP contribution in [0.5, 0.6) is 5.75 Å². The molecule has 1 aromatic carbocycles. The molecular weight excluding hydrogens is 324 g/mol. The largest absolute Gasteiger partial charge is 0.493 e. The molecule has 5 heteroatoms. The number of hydrogen-bond acceptors (Lipinski definition) is 4. The molecule has 0 spiro atoms. The topological polar surface area (TPSA) is 52.6 Å². The Morgan fingerprint density at radius 2 is 2.10 bits per heavy atom. The predicted octanol–water partition coefficient (Wildman–Crippen LogP) is 3.37. The van der Waals surface area contributed by atoms with Crippen molar-refractivity contribution in [1.29, 1.82) is 0 Å². The standard InChI is InChI=1S/C15H17BrO4/c1-2-19-15(18)14(17)12-8-11(16)6-7-13(12)20-9-10-4-3-5-10/h6-8,10H,2-5,9H2,1H3. The Labute approximate surface area is 126 Å².